The number of carbonyl (C=O) groups is 1. The maximum absolute atomic E-state index is 11.1. The monoisotopic (exact) mass is 274 g/mol. The van der Waals surface area contributed by atoms with Gasteiger partial charge in [-0.15, -0.1) is 0 Å². The fourth-order valence-electron chi connectivity index (χ4n) is 2.78. The minimum absolute atomic E-state index is 0.107. The number of nitrogens with zero attached hydrogens (tertiary/aromatic N) is 2. The van der Waals surface area contributed by atoms with Crippen LogP contribution in [0.1, 0.15) is 42.4 Å². The van der Waals surface area contributed by atoms with E-state index >= 15 is 0 Å². The topological polar surface area (TPSA) is 75.3 Å². The van der Waals surface area contributed by atoms with Gasteiger partial charge in [0.1, 0.15) is 5.82 Å². The number of fused-ring (bicyclic) bond motifs is 1. The Kier molecular flexibility index (Phi) is 3.01. The van der Waals surface area contributed by atoms with E-state index in [0.717, 1.165) is 37.0 Å². The lowest BCUT2D eigenvalue weighted by Crippen LogP contribution is -2.23. The lowest BCUT2D eigenvalue weighted by atomic mass is 10.2. The molecule has 20 heavy (non-hydrogen) atoms. The molecule has 1 saturated carbocycles. The van der Waals surface area contributed by atoms with Crippen LogP contribution in [0.2, 0.25) is 0 Å². The molecule has 0 aliphatic heterocycles. The summed E-state index contributed by atoms with van der Waals surface area (Å²) in [6, 6.07) is 5.02. The van der Waals surface area contributed by atoms with Gasteiger partial charge in [0.25, 0.3) is 0 Å². The predicted molar refractivity (Wildman–Crippen MR) is 75.0 cm³/mol. The van der Waals surface area contributed by atoms with Crippen molar-refractivity contribution in [2.24, 2.45) is 0 Å². The summed E-state index contributed by atoms with van der Waals surface area (Å²) in [5.74, 6) is -0.00151. The fourth-order valence-corrected chi connectivity index (χ4v) is 2.78. The number of hydrogen-bond acceptors (Lipinski definition) is 3. The van der Waals surface area contributed by atoms with E-state index in [1.165, 1.54) is 0 Å². The molecule has 0 radical (unpaired) electrons. The van der Waals surface area contributed by atoms with E-state index in [9.17, 15) is 9.90 Å². The number of aryl methyl sites for hydroxylation is 1. The van der Waals surface area contributed by atoms with Gasteiger partial charge in [-0.2, -0.15) is 0 Å². The second-order valence-electron chi connectivity index (χ2n) is 5.50. The lowest BCUT2D eigenvalue weighted by Gasteiger charge is -2.18. The van der Waals surface area contributed by atoms with E-state index in [2.05, 4.69) is 16.5 Å². The van der Waals surface area contributed by atoms with Crippen LogP contribution in [0.15, 0.2) is 18.2 Å². The highest BCUT2D eigenvalue weighted by Gasteiger charge is 2.46. The van der Waals surface area contributed by atoms with Crippen molar-refractivity contribution < 1.29 is 15.0 Å². The van der Waals surface area contributed by atoms with Crippen molar-refractivity contribution >= 4 is 17.0 Å². The molecule has 5 nitrogen and oxygen atoms in total. The largest absolute Gasteiger partial charge is 0.478 e. The minimum atomic E-state index is -0.943. The summed E-state index contributed by atoms with van der Waals surface area (Å²) in [5.41, 5.74) is 1.65. The summed E-state index contributed by atoms with van der Waals surface area (Å²) >= 11 is 0. The highest BCUT2D eigenvalue weighted by Crippen LogP contribution is 2.45. The molecule has 1 heterocycles. The van der Waals surface area contributed by atoms with Crippen molar-refractivity contribution in [3.8, 4) is 0 Å². The van der Waals surface area contributed by atoms with Crippen molar-refractivity contribution in [1.82, 2.24) is 9.55 Å². The van der Waals surface area contributed by atoms with E-state index in [1.807, 2.05) is 0 Å². The highest BCUT2D eigenvalue weighted by molar-refractivity contribution is 5.92. The van der Waals surface area contributed by atoms with Gasteiger partial charge >= 0.3 is 5.97 Å². The van der Waals surface area contributed by atoms with Crippen molar-refractivity contribution in [2.75, 3.05) is 6.61 Å². The predicted octanol–water partition coefficient (Wildman–Crippen LogP) is 2.17. The van der Waals surface area contributed by atoms with E-state index in [-0.39, 0.29) is 17.7 Å². The van der Waals surface area contributed by atoms with Crippen LogP contribution in [0.3, 0.4) is 0 Å². The van der Waals surface area contributed by atoms with Crippen LogP contribution in [0.5, 0.6) is 0 Å². The molecule has 1 fully saturated rings. The first kappa shape index (κ1) is 13.1. The first-order valence-corrected chi connectivity index (χ1v) is 6.97. The molecule has 1 aromatic heterocycles. The molecule has 0 spiro atoms. The Morgan fingerprint density at radius 1 is 1.45 bits per heavy atom. The minimum Gasteiger partial charge on any atom is -0.478 e. The molecule has 2 aromatic rings. The normalized spacial score (nSPS) is 16.5. The van der Waals surface area contributed by atoms with Gasteiger partial charge in [-0.25, -0.2) is 9.78 Å². The molecule has 2 N–H and O–H groups in total. The molecule has 0 amide bonds. The summed E-state index contributed by atoms with van der Waals surface area (Å²) < 4.78 is 2.12. The van der Waals surface area contributed by atoms with Gasteiger partial charge in [0.15, 0.2) is 0 Å². The van der Waals surface area contributed by atoms with Gasteiger partial charge in [0.05, 0.1) is 28.7 Å². The number of aliphatic hydroxyl groups excluding tert-OH is 1. The summed E-state index contributed by atoms with van der Waals surface area (Å²) in [4.78, 5) is 15.6. The number of aliphatic hydroxyl groups is 1. The molecule has 3 rings (SSSR count). The zero-order valence-electron chi connectivity index (χ0n) is 11.5. The summed E-state index contributed by atoms with van der Waals surface area (Å²) in [7, 11) is 0. The van der Waals surface area contributed by atoms with Gasteiger partial charge in [0.2, 0.25) is 0 Å². The Morgan fingerprint density at radius 2 is 2.20 bits per heavy atom. The number of aromatic carboxylic acids is 1. The third kappa shape index (κ3) is 1.89. The summed E-state index contributed by atoms with van der Waals surface area (Å²) in [6.45, 7) is 2.20. The zero-order chi connectivity index (χ0) is 14.3. The summed E-state index contributed by atoms with van der Waals surface area (Å²) in [6.07, 6.45) is 3.70. The van der Waals surface area contributed by atoms with Crippen LogP contribution in [0.4, 0.5) is 0 Å². The Hall–Kier alpha value is -1.88. The number of carboxylic acids is 1. The third-order valence-electron chi connectivity index (χ3n) is 4.04. The number of carboxylic acid groups (broad SMARTS) is 1. The molecule has 106 valence electrons. The van der Waals surface area contributed by atoms with Gasteiger partial charge in [-0.1, -0.05) is 6.92 Å². The van der Waals surface area contributed by atoms with E-state index in [1.54, 1.807) is 18.2 Å². The van der Waals surface area contributed by atoms with Crippen LogP contribution >= 0.6 is 0 Å². The third-order valence-corrected chi connectivity index (χ3v) is 4.04. The Balaban J connectivity index is 2.20. The standard InChI is InChI=1S/C15H18N2O3/c1-2-3-13-16-11-8-10(14(19)20)4-5-12(11)17(13)15(9-18)6-7-15/h4-5,8,18H,2-3,6-7,9H2,1H3,(H,19,20). The number of hydrogen-bond donors (Lipinski definition) is 2. The van der Waals surface area contributed by atoms with Crippen LogP contribution in [0.25, 0.3) is 11.0 Å². The smallest absolute Gasteiger partial charge is 0.335 e. The molecular weight excluding hydrogens is 256 g/mol. The lowest BCUT2D eigenvalue weighted by molar-refractivity contribution is 0.0697. The van der Waals surface area contributed by atoms with Gasteiger partial charge in [-0.3, -0.25) is 0 Å². The quantitative estimate of drug-likeness (QED) is 0.876. The number of benzene rings is 1. The van der Waals surface area contributed by atoms with Crippen LogP contribution in [0, 0.1) is 0 Å². The van der Waals surface area contributed by atoms with Gasteiger partial charge < -0.3 is 14.8 Å². The number of imidazole rings is 1. The second kappa shape index (κ2) is 4.59. The molecule has 5 heteroatoms. The molecule has 1 aliphatic carbocycles. The Morgan fingerprint density at radius 3 is 2.75 bits per heavy atom. The molecule has 0 bridgehead atoms. The molecule has 1 aliphatic rings. The fraction of sp³-hybridized carbons (Fsp3) is 0.467. The molecule has 0 saturated heterocycles. The zero-order valence-corrected chi connectivity index (χ0v) is 11.5. The van der Waals surface area contributed by atoms with Crippen LogP contribution < -0.4 is 0 Å². The van der Waals surface area contributed by atoms with Crippen molar-refractivity contribution in [3.05, 3.63) is 29.6 Å². The number of rotatable bonds is 5. The van der Waals surface area contributed by atoms with E-state index in [0.29, 0.717) is 5.52 Å². The summed E-state index contributed by atoms with van der Waals surface area (Å²) in [5, 5.41) is 18.7. The first-order valence-electron chi connectivity index (χ1n) is 6.97. The van der Waals surface area contributed by atoms with Gasteiger partial charge in [-0.05, 0) is 37.5 Å². The van der Waals surface area contributed by atoms with Crippen LogP contribution in [-0.2, 0) is 12.0 Å². The molecule has 0 unspecified atom stereocenters. The maximum Gasteiger partial charge on any atom is 0.335 e. The van der Waals surface area contributed by atoms with E-state index in [4.69, 9.17) is 5.11 Å². The first-order chi connectivity index (χ1) is 9.61. The highest BCUT2D eigenvalue weighted by atomic mass is 16.4. The van der Waals surface area contributed by atoms with E-state index < -0.39 is 5.97 Å². The van der Waals surface area contributed by atoms with Crippen LogP contribution in [-0.4, -0.2) is 32.3 Å². The maximum atomic E-state index is 11.1. The molecule has 1 aromatic carbocycles. The Bertz CT molecular complexity index is 671. The average Bonchev–Trinajstić information content (AvgIpc) is 3.14. The molecular formula is C15H18N2O3. The second-order valence-corrected chi connectivity index (χ2v) is 5.50. The van der Waals surface area contributed by atoms with Gasteiger partial charge in [0, 0.05) is 6.42 Å². The molecule has 0 atom stereocenters. The Labute approximate surface area is 116 Å². The van der Waals surface area contributed by atoms with Crippen molar-refractivity contribution in [2.45, 2.75) is 38.1 Å². The number of aromatic nitrogens is 2. The average molecular weight is 274 g/mol. The van der Waals surface area contributed by atoms with Crippen molar-refractivity contribution in [1.29, 1.82) is 0 Å². The SMILES string of the molecule is CCCc1nc2cc(C(=O)O)ccc2n1C1(CO)CC1. The van der Waals surface area contributed by atoms with Crippen molar-refractivity contribution in [3.63, 3.8) is 0 Å².